The maximum atomic E-state index is 12.7. The lowest BCUT2D eigenvalue weighted by Crippen LogP contribution is -2.55. The van der Waals surface area contributed by atoms with E-state index in [2.05, 4.69) is 16.0 Å². The van der Waals surface area contributed by atoms with E-state index < -0.39 is 42.4 Å². The number of nitrogens with one attached hydrogen (secondary N) is 3. The van der Waals surface area contributed by atoms with Crippen LogP contribution >= 0.6 is 0 Å². The molecule has 1 aliphatic heterocycles. The highest BCUT2D eigenvalue weighted by atomic mass is 16.4. The number of phenols is 1. The van der Waals surface area contributed by atoms with Gasteiger partial charge in [-0.15, -0.1) is 0 Å². The van der Waals surface area contributed by atoms with Crippen LogP contribution in [0.1, 0.15) is 31.2 Å². The summed E-state index contributed by atoms with van der Waals surface area (Å²) in [6.45, 7) is 0.698. The number of phenolic OH excluding ortho intramolecular Hbond substituents is 1. The second kappa shape index (κ2) is 10.4. The molecule has 0 aromatic heterocycles. The van der Waals surface area contributed by atoms with E-state index >= 15 is 0 Å². The van der Waals surface area contributed by atoms with Gasteiger partial charge in [-0.1, -0.05) is 12.1 Å². The highest BCUT2D eigenvalue weighted by molar-refractivity contribution is 5.92. The van der Waals surface area contributed by atoms with Crippen LogP contribution in [0.3, 0.4) is 0 Å². The van der Waals surface area contributed by atoms with E-state index in [0.29, 0.717) is 18.5 Å². The summed E-state index contributed by atoms with van der Waals surface area (Å²) in [4.78, 5) is 47.3. The second-order valence-electron chi connectivity index (χ2n) is 6.91. The Kier molecular flexibility index (Phi) is 7.96. The summed E-state index contributed by atoms with van der Waals surface area (Å²) in [5.41, 5.74) is 0.653. The molecule has 158 valence electrons. The van der Waals surface area contributed by atoms with Crippen LogP contribution in [0.4, 0.5) is 0 Å². The predicted molar refractivity (Wildman–Crippen MR) is 101 cm³/mol. The maximum absolute atomic E-state index is 12.7. The van der Waals surface area contributed by atoms with Gasteiger partial charge in [0.05, 0.1) is 6.04 Å². The first kappa shape index (κ1) is 22.2. The first-order chi connectivity index (χ1) is 13.8. The highest BCUT2D eigenvalue weighted by Crippen LogP contribution is 2.13. The molecule has 3 atom stereocenters. The SMILES string of the molecule is O=C(O)CCC(NC(=O)C(Cc1ccc(O)cc1)NC(=O)C1CCCN1)C(=O)O. The predicted octanol–water partition coefficient (Wildman–Crippen LogP) is -0.394. The molecule has 10 heteroatoms. The number of carbonyl (C=O) groups is 4. The Morgan fingerprint density at radius 3 is 2.31 bits per heavy atom. The van der Waals surface area contributed by atoms with E-state index in [1.54, 1.807) is 12.1 Å². The van der Waals surface area contributed by atoms with E-state index in [1.807, 2.05) is 0 Å². The van der Waals surface area contributed by atoms with Crippen molar-refractivity contribution in [2.45, 2.75) is 50.2 Å². The van der Waals surface area contributed by atoms with Gasteiger partial charge in [0, 0.05) is 12.8 Å². The van der Waals surface area contributed by atoms with Gasteiger partial charge in [-0.3, -0.25) is 14.4 Å². The number of benzene rings is 1. The van der Waals surface area contributed by atoms with Crippen molar-refractivity contribution < 1.29 is 34.5 Å². The van der Waals surface area contributed by atoms with E-state index in [0.717, 1.165) is 6.42 Å². The highest BCUT2D eigenvalue weighted by Gasteiger charge is 2.30. The van der Waals surface area contributed by atoms with Gasteiger partial charge in [0.1, 0.15) is 17.8 Å². The van der Waals surface area contributed by atoms with E-state index in [1.165, 1.54) is 12.1 Å². The number of carbonyl (C=O) groups excluding carboxylic acids is 2. The summed E-state index contributed by atoms with van der Waals surface area (Å²) in [6, 6.07) is 3.20. The summed E-state index contributed by atoms with van der Waals surface area (Å²) in [5, 5.41) is 35.4. The minimum Gasteiger partial charge on any atom is -0.508 e. The molecule has 0 spiro atoms. The zero-order valence-corrected chi connectivity index (χ0v) is 15.8. The summed E-state index contributed by atoms with van der Waals surface area (Å²) < 4.78 is 0. The smallest absolute Gasteiger partial charge is 0.326 e. The fourth-order valence-corrected chi connectivity index (χ4v) is 3.06. The number of rotatable bonds is 10. The number of hydrogen-bond acceptors (Lipinski definition) is 6. The molecule has 0 bridgehead atoms. The van der Waals surface area contributed by atoms with Crippen molar-refractivity contribution in [3.8, 4) is 5.75 Å². The summed E-state index contributed by atoms with van der Waals surface area (Å²) in [5.74, 6) is -3.56. The number of carboxylic acids is 2. The normalized spacial score (nSPS) is 17.9. The largest absolute Gasteiger partial charge is 0.508 e. The number of amides is 2. The first-order valence-electron chi connectivity index (χ1n) is 9.33. The second-order valence-corrected chi connectivity index (χ2v) is 6.91. The number of carboxylic acid groups (broad SMARTS) is 2. The third kappa shape index (κ3) is 7.07. The standard InChI is InChI=1S/C19H25N3O7/c23-12-5-3-11(4-6-12)10-15(22-17(26)13-2-1-9-20-13)18(27)21-14(19(28)29)7-8-16(24)25/h3-6,13-15,20,23H,1-2,7-10H2,(H,21,27)(H,22,26)(H,24,25)(H,28,29). The molecule has 0 aliphatic carbocycles. The molecule has 3 unspecified atom stereocenters. The molecule has 1 heterocycles. The van der Waals surface area contributed by atoms with Crippen LogP contribution in [0.25, 0.3) is 0 Å². The molecule has 2 amide bonds. The van der Waals surface area contributed by atoms with Crippen molar-refractivity contribution in [1.29, 1.82) is 0 Å². The van der Waals surface area contributed by atoms with Gasteiger partial charge >= 0.3 is 11.9 Å². The Morgan fingerprint density at radius 2 is 1.76 bits per heavy atom. The van der Waals surface area contributed by atoms with Crippen molar-refractivity contribution in [2.75, 3.05) is 6.54 Å². The molecule has 1 aromatic rings. The van der Waals surface area contributed by atoms with Crippen molar-refractivity contribution >= 4 is 23.8 Å². The molecule has 10 nitrogen and oxygen atoms in total. The maximum Gasteiger partial charge on any atom is 0.326 e. The fraction of sp³-hybridized carbons (Fsp3) is 0.474. The molecule has 29 heavy (non-hydrogen) atoms. The molecule has 1 aliphatic rings. The van der Waals surface area contributed by atoms with Gasteiger partial charge < -0.3 is 31.3 Å². The van der Waals surface area contributed by atoms with Crippen LogP contribution in [0.5, 0.6) is 5.75 Å². The average molecular weight is 407 g/mol. The monoisotopic (exact) mass is 407 g/mol. The lowest BCUT2D eigenvalue weighted by molar-refractivity contribution is -0.143. The summed E-state index contributed by atoms with van der Waals surface area (Å²) >= 11 is 0. The van der Waals surface area contributed by atoms with Gasteiger partial charge in [0.25, 0.3) is 0 Å². The third-order valence-corrected chi connectivity index (χ3v) is 4.65. The van der Waals surface area contributed by atoms with Crippen LogP contribution in [0, 0.1) is 0 Å². The first-order valence-corrected chi connectivity index (χ1v) is 9.33. The zero-order chi connectivity index (χ0) is 21.4. The molecule has 0 radical (unpaired) electrons. The van der Waals surface area contributed by atoms with Gasteiger partial charge in [-0.2, -0.15) is 0 Å². The van der Waals surface area contributed by atoms with Gasteiger partial charge in [-0.25, -0.2) is 4.79 Å². The molecule has 1 aromatic carbocycles. The van der Waals surface area contributed by atoms with Crippen LogP contribution < -0.4 is 16.0 Å². The molecule has 6 N–H and O–H groups in total. The Labute approximate surface area is 167 Å². The van der Waals surface area contributed by atoms with E-state index in [9.17, 15) is 29.4 Å². The molecule has 0 saturated carbocycles. The third-order valence-electron chi connectivity index (χ3n) is 4.65. The number of aliphatic carboxylic acids is 2. The number of hydrogen-bond donors (Lipinski definition) is 6. The zero-order valence-electron chi connectivity index (χ0n) is 15.8. The molecular weight excluding hydrogens is 382 g/mol. The Bertz CT molecular complexity index is 745. The van der Waals surface area contributed by atoms with Gasteiger partial charge in [-0.05, 0) is 43.5 Å². The van der Waals surface area contributed by atoms with Crippen LogP contribution in [0.2, 0.25) is 0 Å². The van der Waals surface area contributed by atoms with E-state index in [-0.39, 0.29) is 24.5 Å². The van der Waals surface area contributed by atoms with Gasteiger partial charge in [0.15, 0.2) is 0 Å². The van der Waals surface area contributed by atoms with Crippen LogP contribution in [-0.2, 0) is 25.6 Å². The average Bonchev–Trinajstić information content (AvgIpc) is 3.20. The summed E-state index contributed by atoms with van der Waals surface area (Å²) in [6.07, 6.45) is 0.855. The summed E-state index contributed by atoms with van der Waals surface area (Å²) in [7, 11) is 0. The van der Waals surface area contributed by atoms with Crippen molar-refractivity contribution in [2.24, 2.45) is 0 Å². The Morgan fingerprint density at radius 1 is 1.07 bits per heavy atom. The minimum atomic E-state index is -1.39. The van der Waals surface area contributed by atoms with Crippen LogP contribution in [-0.4, -0.2) is 63.7 Å². The molecular formula is C19H25N3O7. The number of aromatic hydroxyl groups is 1. The van der Waals surface area contributed by atoms with Crippen LogP contribution in [0.15, 0.2) is 24.3 Å². The Hall–Kier alpha value is -3.14. The topological polar surface area (TPSA) is 165 Å². The lowest BCUT2D eigenvalue weighted by Gasteiger charge is -2.23. The van der Waals surface area contributed by atoms with Crippen molar-refractivity contribution in [3.05, 3.63) is 29.8 Å². The van der Waals surface area contributed by atoms with Gasteiger partial charge in [0.2, 0.25) is 11.8 Å². The van der Waals surface area contributed by atoms with E-state index in [4.69, 9.17) is 5.11 Å². The Balaban J connectivity index is 2.11. The fourth-order valence-electron chi connectivity index (χ4n) is 3.06. The van der Waals surface area contributed by atoms with Crippen molar-refractivity contribution in [3.63, 3.8) is 0 Å². The molecule has 1 fully saturated rings. The quantitative estimate of drug-likeness (QED) is 0.305. The minimum absolute atomic E-state index is 0.0496. The van der Waals surface area contributed by atoms with Crippen molar-refractivity contribution in [1.82, 2.24) is 16.0 Å². The molecule has 2 rings (SSSR count). The lowest BCUT2D eigenvalue weighted by atomic mass is 10.0. The molecule has 1 saturated heterocycles.